The van der Waals surface area contributed by atoms with E-state index in [1.165, 1.54) is 6.20 Å². The van der Waals surface area contributed by atoms with Gasteiger partial charge < -0.3 is 5.11 Å². The van der Waals surface area contributed by atoms with Gasteiger partial charge in [0.25, 0.3) is 0 Å². The second kappa shape index (κ2) is 3.64. The summed E-state index contributed by atoms with van der Waals surface area (Å²) in [6, 6.07) is 0. The fourth-order valence-electron chi connectivity index (χ4n) is 0.504. The van der Waals surface area contributed by atoms with E-state index in [1.54, 1.807) is 0 Å². The molecule has 0 aliphatic carbocycles. The van der Waals surface area contributed by atoms with E-state index >= 15 is 0 Å². The maximum Gasteiger partial charge on any atom is 0.364 e. The van der Waals surface area contributed by atoms with Gasteiger partial charge in [0.15, 0.2) is 0 Å². The number of hydrogen-bond donors (Lipinski definition) is 1. The van der Waals surface area contributed by atoms with Crippen molar-refractivity contribution in [2.24, 2.45) is 0 Å². The number of nitrogens with zero attached hydrogens (tertiary/aromatic N) is 1. The van der Waals surface area contributed by atoms with E-state index < -0.39 is 11.8 Å². The minimum Gasteiger partial charge on any atom is -0.476 e. The Kier molecular flexibility index (Phi) is 2.78. The maximum absolute atomic E-state index is 12.4. The van der Waals surface area contributed by atoms with Gasteiger partial charge in [-0.25, -0.2) is 9.78 Å². The largest absolute Gasteiger partial charge is 0.476 e. The molecule has 64 valence electrons. The van der Waals surface area contributed by atoms with Crippen molar-refractivity contribution in [1.29, 1.82) is 0 Å². The molecule has 1 rings (SSSR count). The fraction of sp³-hybridized carbons (Fsp3) is 0. The first-order valence-corrected chi connectivity index (χ1v) is 4.01. The molecular formula is C6H3ClFNO2S. The third-order valence-corrected chi connectivity index (χ3v) is 2.01. The van der Waals surface area contributed by atoms with Crippen molar-refractivity contribution >= 4 is 35.0 Å². The van der Waals surface area contributed by atoms with Crippen LogP contribution in [-0.4, -0.2) is 16.1 Å². The normalized spacial score (nSPS) is 11.7. The number of hydrogen-bond acceptors (Lipinski definition) is 3. The lowest BCUT2D eigenvalue weighted by Crippen LogP contribution is -1.93. The number of aromatic nitrogens is 1. The SMILES string of the molecule is O=C(O)/C(F)=C/c1ncc(Cl)s1. The van der Waals surface area contributed by atoms with Crippen LogP contribution < -0.4 is 0 Å². The average Bonchev–Trinajstić information content (AvgIpc) is 2.35. The first kappa shape index (κ1) is 9.15. The number of thiazole rings is 1. The summed E-state index contributed by atoms with van der Waals surface area (Å²) in [6.45, 7) is 0. The number of aliphatic carboxylic acids is 1. The molecule has 0 radical (unpaired) electrons. The van der Waals surface area contributed by atoms with E-state index in [0.29, 0.717) is 4.34 Å². The molecule has 1 aromatic rings. The quantitative estimate of drug-likeness (QED) is 0.757. The molecule has 0 unspecified atom stereocenters. The van der Waals surface area contributed by atoms with Crippen LogP contribution in [0.3, 0.4) is 0 Å². The highest BCUT2D eigenvalue weighted by Crippen LogP contribution is 2.20. The standard InChI is InChI=1S/C6H3ClFNO2S/c7-4-2-9-5(12-4)1-3(8)6(10)11/h1-2H,(H,10,11)/b3-1-. The van der Waals surface area contributed by atoms with Crippen LogP contribution in [0.5, 0.6) is 0 Å². The molecule has 1 heterocycles. The van der Waals surface area contributed by atoms with Gasteiger partial charge >= 0.3 is 5.97 Å². The topological polar surface area (TPSA) is 50.2 Å². The minimum atomic E-state index is -1.61. The van der Waals surface area contributed by atoms with Gasteiger partial charge in [0.05, 0.1) is 6.20 Å². The number of rotatable bonds is 2. The third-order valence-electron chi connectivity index (χ3n) is 0.950. The Morgan fingerprint density at radius 1 is 1.83 bits per heavy atom. The summed E-state index contributed by atoms with van der Waals surface area (Å²) in [5.74, 6) is -2.86. The molecule has 0 amide bonds. The molecule has 1 aromatic heterocycles. The monoisotopic (exact) mass is 207 g/mol. The van der Waals surface area contributed by atoms with Gasteiger partial charge in [0.2, 0.25) is 5.83 Å². The van der Waals surface area contributed by atoms with E-state index in [-0.39, 0.29) is 5.01 Å². The van der Waals surface area contributed by atoms with Gasteiger partial charge in [-0.05, 0) is 0 Å². The molecule has 0 fully saturated rings. The second-order valence-electron chi connectivity index (χ2n) is 1.80. The van der Waals surface area contributed by atoms with Gasteiger partial charge in [-0.3, -0.25) is 0 Å². The second-order valence-corrected chi connectivity index (χ2v) is 3.49. The van der Waals surface area contributed by atoms with Crippen LogP contribution in [0, 0.1) is 0 Å². The van der Waals surface area contributed by atoms with E-state index in [2.05, 4.69) is 4.98 Å². The number of halogens is 2. The summed E-state index contributed by atoms with van der Waals surface area (Å²) in [4.78, 5) is 13.7. The summed E-state index contributed by atoms with van der Waals surface area (Å²) in [5, 5.41) is 8.39. The van der Waals surface area contributed by atoms with Crippen LogP contribution in [0.1, 0.15) is 5.01 Å². The molecule has 0 bridgehead atoms. The molecule has 0 spiro atoms. The first-order valence-electron chi connectivity index (χ1n) is 2.81. The molecule has 0 saturated carbocycles. The van der Waals surface area contributed by atoms with Gasteiger partial charge in [-0.2, -0.15) is 4.39 Å². The highest BCUT2D eigenvalue weighted by atomic mass is 35.5. The van der Waals surface area contributed by atoms with Gasteiger partial charge in [0.1, 0.15) is 9.34 Å². The number of carbonyl (C=O) groups is 1. The average molecular weight is 208 g/mol. The lowest BCUT2D eigenvalue weighted by Gasteiger charge is -1.84. The van der Waals surface area contributed by atoms with E-state index in [0.717, 1.165) is 17.4 Å². The van der Waals surface area contributed by atoms with Crippen LogP contribution in [-0.2, 0) is 4.79 Å². The zero-order chi connectivity index (χ0) is 9.14. The molecule has 0 aromatic carbocycles. The Labute approximate surface area is 76.1 Å². The van der Waals surface area contributed by atoms with E-state index in [9.17, 15) is 9.18 Å². The van der Waals surface area contributed by atoms with Crippen LogP contribution >= 0.6 is 22.9 Å². The number of carboxylic acid groups (broad SMARTS) is 1. The lowest BCUT2D eigenvalue weighted by molar-refractivity contribution is -0.134. The maximum atomic E-state index is 12.4. The van der Waals surface area contributed by atoms with Crippen molar-refractivity contribution in [3.05, 3.63) is 21.4 Å². The van der Waals surface area contributed by atoms with Crippen molar-refractivity contribution in [1.82, 2.24) is 4.98 Å². The summed E-state index contributed by atoms with van der Waals surface area (Å²) >= 11 is 6.49. The van der Waals surface area contributed by atoms with Crippen molar-refractivity contribution in [2.45, 2.75) is 0 Å². The predicted molar refractivity (Wildman–Crippen MR) is 43.8 cm³/mol. The highest BCUT2D eigenvalue weighted by molar-refractivity contribution is 7.16. The van der Waals surface area contributed by atoms with Crippen molar-refractivity contribution in [3.8, 4) is 0 Å². The minimum absolute atomic E-state index is 0.236. The predicted octanol–water partition coefficient (Wildman–Crippen LogP) is 2.19. The van der Waals surface area contributed by atoms with Gasteiger partial charge in [-0.15, -0.1) is 11.3 Å². The Balaban J connectivity index is 2.87. The van der Waals surface area contributed by atoms with Crippen LogP contribution in [0.15, 0.2) is 12.0 Å². The molecule has 0 aliphatic heterocycles. The Bertz CT molecular complexity index is 336. The molecule has 0 aliphatic rings. The summed E-state index contributed by atoms with van der Waals surface area (Å²) < 4.78 is 12.8. The molecule has 0 saturated heterocycles. The van der Waals surface area contributed by atoms with E-state index in [1.807, 2.05) is 0 Å². The van der Waals surface area contributed by atoms with Crippen molar-refractivity contribution < 1.29 is 14.3 Å². The molecule has 12 heavy (non-hydrogen) atoms. The van der Waals surface area contributed by atoms with Crippen molar-refractivity contribution in [2.75, 3.05) is 0 Å². The number of carboxylic acids is 1. The molecule has 6 heteroatoms. The van der Waals surface area contributed by atoms with Crippen molar-refractivity contribution in [3.63, 3.8) is 0 Å². The lowest BCUT2D eigenvalue weighted by atomic mass is 10.5. The molecule has 1 N–H and O–H groups in total. The Morgan fingerprint density at radius 3 is 2.92 bits per heavy atom. The summed E-state index contributed by atoms with van der Waals surface area (Å²) in [7, 11) is 0. The smallest absolute Gasteiger partial charge is 0.364 e. The van der Waals surface area contributed by atoms with Gasteiger partial charge in [0, 0.05) is 6.08 Å². The summed E-state index contributed by atoms with van der Waals surface area (Å²) in [6.07, 6.45) is 2.14. The Hall–Kier alpha value is -0.940. The zero-order valence-corrected chi connectivity index (χ0v) is 7.19. The third kappa shape index (κ3) is 2.28. The first-order chi connectivity index (χ1) is 5.59. The van der Waals surface area contributed by atoms with Crippen LogP contribution in [0.25, 0.3) is 6.08 Å². The molecule has 3 nitrogen and oxygen atoms in total. The van der Waals surface area contributed by atoms with E-state index in [4.69, 9.17) is 16.7 Å². The fourth-order valence-corrected chi connectivity index (χ4v) is 1.36. The van der Waals surface area contributed by atoms with Gasteiger partial charge in [-0.1, -0.05) is 11.6 Å². The zero-order valence-electron chi connectivity index (χ0n) is 5.62. The summed E-state index contributed by atoms with van der Waals surface area (Å²) in [5.41, 5.74) is 0. The van der Waals surface area contributed by atoms with Crippen LogP contribution in [0.4, 0.5) is 4.39 Å². The molecular weight excluding hydrogens is 205 g/mol. The highest BCUT2D eigenvalue weighted by Gasteiger charge is 2.06. The van der Waals surface area contributed by atoms with Crippen LogP contribution in [0.2, 0.25) is 4.34 Å². The molecule has 0 atom stereocenters. The Morgan fingerprint density at radius 2 is 2.50 bits per heavy atom.